The lowest BCUT2D eigenvalue weighted by atomic mass is 10.1. The number of benzene rings is 1. The average Bonchev–Trinajstić information content (AvgIpc) is 2.14. The summed E-state index contributed by atoms with van der Waals surface area (Å²) in [5.74, 6) is 3.25. The van der Waals surface area contributed by atoms with Crippen molar-refractivity contribution < 1.29 is 9.84 Å². The van der Waals surface area contributed by atoms with E-state index in [4.69, 9.17) is 16.3 Å². The molecular formula is C11H12O2. The van der Waals surface area contributed by atoms with E-state index < -0.39 is 0 Å². The van der Waals surface area contributed by atoms with E-state index in [2.05, 4.69) is 5.92 Å². The van der Waals surface area contributed by atoms with E-state index >= 15 is 0 Å². The van der Waals surface area contributed by atoms with Crippen LogP contribution in [0.15, 0.2) is 18.2 Å². The average molecular weight is 176 g/mol. The van der Waals surface area contributed by atoms with Crippen LogP contribution in [-0.2, 0) is 0 Å². The first-order valence-corrected chi connectivity index (χ1v) is 4.08. The summed E-state index contributed by atoms with van der Waals surface area (Å²) in [6, 6.07) is 5.57. The Morgan fingerprint density at radius 3 is 2.85 bits per heavy atom. The van der Waals surface area contributed by atoms with Crippen molar-refractivity contribution >= 4 is 0 Å². The molecule has 0 amide bonds. The molecule has 0 aliphatic carbocycles. The molecule has 2 nitrogen and oxygen atoms in total. The number of rotatable bonds is 3. The second-order valence-corrected chi connectivity index (χ2v) is 2.75. The molecular weight excluding hydrogens is 164 g/mol. The van der Waals surface area contributed by atoms with Gasteiger partial charge in [0.05, 0.1) is 6.61 Å². The van der Waals surface area contributed by atoms with Gasteiger partial charge in [0.1, 0.15) is 12.4 Å². The summed E-state index contributed by atoms with van der Waals surface area (Å²) in [5.41, 5.74) is 1.86. The largest absolute Gasteiger partial charge is 0.491 e. The van der Waals surface area contributed by atoms with Crippen molar-refractivity contribution in [3.05, 3.63) is 29.3 Å². The third kappa shape index (κ3) is 2.81. The van der Waals surface area contributed by atoms with Crippen molar-refractivity contribution in [1.29, 1.82) is 0 Å². The van der Waals surface area contributed by atoms with E-state index in [-0.39, 0.29) is 6.61 Å². The first-order chi connectivity index (χ1) is 6.26. The predicted octanol–water partition coefficient (Wildman–Crippen LogP) is 1.35. The molecule has 0 atom stereocenters. The Morgan fingerprint density at radius 2 is 2.23 bits per heavy atom. The Hall–Kier alpha value is -1.46. The third-order valence-electron chi connectivity index (χ3n) is 1.58. The fourth-order valence-corrected chi connectivity index (χ4v) is 1.08. The Morgan fingerprint density at radius 1 is 1.46 bits per heavy atom. The van der Waals surface area contributed by atoms with Crippen LogP contribution in [0, 0.1) is 19.3 Å². The van der Waals surface area contributed by atoms with Crippen LogP contribution in [0.4, 0.5) is 0 Å². The van der Waals surface area contributed by atoms with Crippen molar-refractivity contribution in [3.63, 3.8) is 0 Å². The first kappa shape index (κ1) is 9.63. The van der Waals surface area contributed by atoms with Gasteiger partial charge in [-0.1, -0.05) is 5.92 Å². The maximum atomic E-state index is 8.56. The van der Waals surface area contributed by atoms with Crippen molar-refractivity contribution in [2.45, 2.75) is 6.92 Å². The Kier molecular flexibility index (Phi) is 3.36. The van der Waals surface area contributed by atoms with E-state index in [1.165, 1.54) is 0 Å². The van der Waals surface area contributed by atoms with Crippen molar-refractivity contribution in [2.75, 3.05) is 13.2 Å². The molecule has 0 fully saturated rings. The van der Waals surface area contributed by atoms with Crippen molar-refractivity contribution in [3.8, 4) is 18.1 Å². The number of ether oxygens (including phenoxy) is 1. The highest BCUT2D eigenvalue weighted by Gasteiger charge is 1.96. The zero-order valence-electron chi connectivity index (χ0n) is 7.58. The van der Waals surface area contributed by atoms with Gasteiger partial charge in [-0.25, -0.2) is 0 Å². The van der Waals surface area contributed by atoms with Crippen LogP contribution in [0.2, 0.25) is 0 Å². The predicted molar refractivity (Wildman–Crippen MR) is 51.7 cm³/mol. The summed E-state index contributed by atoms with van der Waals surface area (Å²) in [4.78, 5) is 0. The number of terminal acetylenes is 1. The van der Waals surface area contributed by atoms with E-state index in [9.17, 15) is 0 Å². The monoisotopic (exact) mass is 176 g/mol. The summed E-state index contributed by atoms with van der Waals surface area (Å²) in [6.45, 7) is 2.26. The van der Waals surface area contributed by atoms with Crippen LogP contribution >= 0.6 is 0 Å². The van der Waals surface area contributed by atoms with Gasteiger partial charge in [-0.15, -0.1) is 6.42 Å². The molecule has 0 saturated heterocycles. The molecule has 0 saturated carbocycles. The standard InChI is InChI=1S/C11H12O2/c1-3-10-6-9(2)7-11(8-10)13-5-4-12/h1,6-8,12H,4-5H2,2H3. The third-order valence-corrected chi connectivity index (χ3v) is 1.58. The maximum absolute atomic E-state index is 8.56. The molecule has 0 unspecified atom stereocenters. The van der Waals surface area contributed by atoms with Gasteiger partial charge in [0.15, 0.2) is 0 Å². The lowest BCUT2D eigenvalue weighted by Crippen LogP contribution is -2.01. The zero-order valence-corrected chi connectivity index (χ0v) is 7.58. The SMILES string of the molecule is C#Cc1cc(C)cc(OCCO)c1. The Bertz CT molecular complexity index is 323. The minimum Gasteiger partial charge on any atom is -0.491 e. The van der Waals surface area contributed by atoms with Crippen LogP contribution in [0.3, 0.4) is 0 Å². The van der Waals surface area contributed by atoms with Crippen LogP contribution < -0.4 is 4.74 Å². The fraction of sp³-hybridized carbons (Fsp3) is 0.273. The molecule has 0 radical (unpaired) electrons. The van der Waals surface area contributed by atoms with Gasteiger partial charge in [-0.2, -0.15) is 0 Å². The molecule has 13 heavy (non-hydrogen) atoms. The maximum Gasteiger partial charge on any atom is 0.120 e. The van der Waals surface area contributed by atoms with Gasteiger partial charge in [-0.3, -0.25) is 0 Å². The summed E-state index contributed by atoms with van der Waals surface area (Å²) in [7, 11) is 0. The molecule has 2 heteroatoms. The van der Waals surface area contributed by atoms with Gasteiger partial charge in [-0.05, 0) is 30.7 Å². The second kappa shape index (κ2) is 4.54. The van der Waals surface area contributed by atoms with Crippen LogP contribution in [0.5, 0.6) is 5.75 Å². The summed E-state index contributed by atoms with van der Waals surface area (Å²) in [6.07, 6.45) is 5.26. The smallest absolute Gasteiger partial charge is 0.120 e. The van der Waals surface area contributed by atoms with E-state index in [1.54, 1.807) is 6.07 Å². The number of hydrogen-bond acceptors (Lipinski definition) is 2. The van der Waals surface area contributed by atoms with E-state index in [1.807, 2.05) is 19.1 Å². The number of aryl methyl sites for hydroxylation is 1. The minimum absolute atomic E-state index is 0.0132. The number of aliphatic hydroxyl groups excluding tert-OH is 1. The van der Waals surface area contributed by atoms with Gasteiger partial charge in [0.2, 0.25) is 0 Å². The lowest BCUT2D eigenvalue weighted by molar-refractivity contribution is 0.201. The van der Waals surface area contributed by atoms with Crippen molar-refractivity contribution in [2.24, 2.45) is 0 Å². The topological polar surface area (TPSA) is 29.5 Å². The fourth-order valence-electron chi connectivity index (χ4n) is 1.08. The molecule has 0 aromatic heterocycles. The molecule has 0 aliphatic rings. The molecule has 1 rings (SSSR count). The summed E-state index contributed by atoms with van der Waals surface area (Å²) >= 11 is 0. The highest BCUT2D eigenvalue weighted by atomic mass is 16.5. The number of hydrogen-bond donors (Lipinski definition) is 1. The molecule has 1 aromatic carbocycles. The summed E-state index contributed by atoms with van der Waals surface area (Å²) < 4.78 is 5.23. The lowest BCUT2D eigenvalue weighted by Gasteiger charge is -2.05. The van der Waals surface area contributed by atoms with Gasteiger partial charge in [0.25, 0.3) is 0 Å². The second-order valence-electron chi connectivity index (χ2n) is 2.75. The number of aliphatic hydroxyl groups is 1. The highest BCUT2D eigenvalue weighted by molar-refractivity contribution is 5.41. The molecule has 68 valence electrons. The molecule has 0 aliphatic heterocycles. The normalized spacial score (nSPS) is 9.31. The molecule has 0 spiro atoms. The van der Waals surface area contributed by atoms with Gasteiger partial charge >= 0.3 is 0 Å². The highest BCUT2D eigenvalue weighted by Crippen LogP contribution is 2.15. The van der Waals surface area contributed by atoms with E-state index in [0.717, 1.165) is 11.1 Å². The van der Waals surface area contributed by atoms with Gasteiger partial charge < -0.3 is 9.84 Å². The first-order valence-electron chi connectivity index (χ1n) is 4.08. The Labute approximate surface area is 78.2 Å². The molecule has 0 heterocycles. The van der Waals surface area contributed by atoms with Crippen LogP contribution in [-0.4, -0.2) is 18.3 Å². The summed E-state index contributed by atoms with van der Waals surface area (Å²) in [5, 5.41) is 8.56. The molecule has 1 N–H and O–H groups in total. The van der Waals surface area contributed by atoms with E-state index in [0.29, 0.717) is 12.4 Å². The van der Waals surface area contributed by atoms with Crippen molar-refractivity contribution in [1.82, 2.24) is 0 Å². The van der Waals surface area contributed by atoms with Gasteiger partial charge in [0, 0.05) is 5.56 Å². The quantitative estimate of drug-likeness (QED) is 0.704. The molecule has 1 aromatic rings. The van der Waals surface area contributed by atoms with Crippen LogP contribution in [0.25, 0.3) is 0 Å². The van der Waals surface area contributed by atoms with Crippen LogP contribution in [0.1, 0.15) is 11.1 Å². The Balaban J connectivity index is 2.83. The zero-order chi connectivity index (χ0) is 9.68. The molecule has 0 bridgehead atoms. The minimum atomic E-state index is 0.0132.